The third-order valence-corrected chi connectivity index (χ3v) is 3.02. The molecule has 1 aromatic carbocycles. The summed E-state index contributed by atoms with van der Waals surface area (Å²) in [7, 11) is -3.76. The van der Waals surface area contributed by atoms with Crippen LogP contribution < -0.4 is 40.0 Å². The molecule has 0 radical (unpaired) electrons. The number of carboxylic acids is 1. The van der Waals surface area contributed by atoms with Crippen molar-refractivity contribution in [1.29, 1.82) is 0 Å². The van der Waals surface area contributed by atoms with E-state index in [2.05, 4.69) is 0 Å². The zero-order valence-corrected chi connectivity index (χ0v) is 11.5. The average molecular weight is 253 g/mol. The topological polar surface area (TPSA) is 109 Å². The Bertz CT molecular complexity index is 457. The van der Waals surface area contributed by atoms with Crippen molar-refractivity contribution >= 4 is 21.7 Å². The van der Waals surface area contributed by atoms with Crippen molar-refractivity contribution < 1.29 is 47.9 Å². The van der Waals surface area contributed by atoms with Gasteiger partial charge in [0.1, 0.15) is 6.54 Å². The molecule has 0 aromatic heterocycles. The van der Waals surface area contributed by atoms with Gasteiger partial charge in [0.15, 0.2) is 0 Å². The fourth-order valence-electron chi connectivity index (χ4n) is 0.887. The molecule has 0 bridgehead atoms. The van der Waals surface area contributed by atoms with Gasteiger partial charge in [0, 0.05) is 5.69 Å². The summed E-state index contributed by atoms with van der Waals surface area (Å²) >= 11 is 0. The molecule has 0 aliphatic heterocycles. The number of aliphatic carboxylic acids is 1. The second-order valence-electron chi connectivity index (χ2n) is 2.79. The van der Waals surface area contributed by atoms with Gasteiger partial charge in [0.25, 0.3) is 0 Å². The maximum atomic E-state index is 11.4. The van der Waals surface area contributed by atoms with Crippen LogP contribution in [0.3, 0.4) is 0 Å². The van der Waals surface area contributed by atoms with E-state index >= 15 is 0 Å². The zero-order chi connectivity index (χ0) is 11.5. The van der Waals surface area contributed by atoms with Crippen molar-refractivity contribution in [3.8, 4) is 0 Å². The number of hydrogen-bond donors (Lipinski definition) is 3. The largest absolute Gasteiger partial charge is 1.00 e. The zero-order valence-electron chi connectivity index (χ0n) is 8.67. The molecule has 0 atom stereocenters. The molecule has 0 saturated carbocycles. The van der Waals surface area contributed by atoms with Gasteiger partial charge in [-0.3, -0.25) is 4.79 Å². The molecule has 1 aromatic rings. The van der Waals surface area contributed by atoms with E-state index in [1.54, 1.807) is 0 Å². The molecule has 0 fully saturated rings. The maximum absolute atomic E-state index is 11.4. The Balaban J connectivity index is 0.00000225. The summed E-state index contributed by atoms with van der Waals surface area (Å²) in [6, 6.07) is 5.46. The van der Waals surface area contributed by atoms with Gasteiger partial charge in [-0.1, -0.05) is 0 Å². The molecule has 4 N–H and O–H groups in total. The summed E-state index contributed by atoms with van der Waals surface area (Å²) in [6.07, 6.45) is 0. The monoisotopic (exact) mass is 253 g/mol. The van der Waals surface area contributed by atoms with Crippen molar-refractivity contribution in [2.75, 3.05) is 12.3 Å². The van der Waals surface area contributed by atoms with E-state index in [4.69, 9.17) is 10.8 Å². The smallest absolute Gasteiger partial charge is 0.480 e. The van der Waals surface area contributed by atoms with Crippen LogP contribution in [0, 0.1) is 0 Å². The van der Waals surface area contributed by atoms with Crippen molar-refractivity contribution in [2.45, 2.75) is 4.90 Å². The number of nitrogen functional groups attached to an aromatic ring is 1. The Labute approximate surface area is 115 Å². The molecular formula is C8H10N2NaO4S+. The number of hydrogen-bond acceptors (Lipinski definition) is 4. The van der Waals surface area contributed by atoms with E-state index in [9.17, 15) is 13.2 Å². The fraction of sp³-hybridized carbons (Fsp3) is 0.125. The number of rotatable bonds is 4. The first-order valence-electron chi connectivity index (χ1n) is 3.99. The third kappa shape index (κ3) is 4.50. The van der Waals surface area contributed by atoms with E-state index in [1.165, 1.54) is 24.3 Å². The second-order valence-corrected chi connectivity index (χ2v) is 4.55. The summed E-state index contributed by atoms with van der Waals surface area (Å²) in [6.45, 7) is -0.646. The van der Waals surface area contributed by atoms with Crippen LogP contribution in [0.15, 0.2) is 29.2 Å². The van der Waals surface area contributed by atoms with Gasteiger partial charge in [-0.05, 0) is 24.3 Å². The molecule has 0 spiro atoms. The first kappa shape index (κ1) is 15.4. The third-order valence-electron chi connectivity index (χ3n) is 1.60. The van der Waals surface area contributed by atoms with Gasteiger partial charge in [-0.25, -0.2) is 8.42 Å². The van der Waals surface area contributed by atoms with E-state index in [0.717, 1.165) is 0 Å². The molecular weight excluding hydrogens is 243 g/mol. The Morgan fingerprint density at radius 3 is 2.25 bits per heavy atom. The molecule has 0 unspecified atom stereocenters. The molecule has 0 heterocycles. The van der Waals surface area contributed by atoms with Crippen LogP contribution in [0.5, 0.6) is 0 Å². The van der Waals surface area contributed by atoms with E-state index < -0.39 is 22.5 Å². The van der Waals surface area contributed by atoms with Crippen LogP contribution >= 0.6 is 0 Å². The number of carboxylic acid groups (broad SMARTS) is 1. The number of nitrogens with one attached hydrogen (secondary N) is 1. The molecule has 82 valence electrons. The van der Waals surface area contributed by atoms with Crippen molar-refractivity contribution in [3.63, 3.8) is 0 Å². The molecule has 6 nitrogen and oxygen atoms in total. The van der Waals surface area contributed by atoms with Crippen LogP contribution in [-0.2, 0) is 14.8 Å². The summed E-state index contributed by atoms with van der Waals surface area (Å²) in [4.78, 5) is 10.2. The van der Waals surface area contributed by atoms with E-state index in [1.807, 2.05) is 4.72 Å². The van der Waals surface area contributed by atoms with Crippen LogP contribution in [0.1, 0.15) is 0 Å². The van der Waals surface area contributed by atoms with Gasteiger partial charge in [0.05, 0.1) is 4.90 Å². The molecule has 16 heavy (non-hydrogen) atoms. The van der Waals surface area contributed by atoms with Gasteiger partial charge in [-0.2, -0.15) is 4.72 Å². The molecule has 1 rings (SSSR count). The normalized spacial score (nSPS) is 10.5. The summed E-state index contributed by atoms with van der Waals surface area (Å²) in [5, 5.41) is 8.32. The van der Waals surface area contributed by atoms with E-state index in [0.29, 0.717) is 5.69 Å². The van der Waals surface area contributed by atoms with Crippen molar-refractivity contribution in [1.82, 2.24) is 4.72 Å². The van der Waals surface area contributed by atoms with Gasteiger partial charge in [-0.15, -0.1) is 0 Å². The predicted octanol–water partition coefficient (Wildman–Crippen LogP) is -3.36. The Kier molecular flexibility index (Phi) is 5.98. The van der Waals surface area contributed by atoms with Gasteiger partial charge >= 0.3 is 35.5 Å². The fourth-order valence-corrected chi connectivity index (χ4v) is 1.86. The van der Waals surface area contributed by atoms with Gasteiger partial charge in [0.2, 0.25) is 10.0 Å². The van der Waals surface area contributed by atoms with Gasteiger partial charge < -0.3 is 10.8 Å². The molecule has 0 amide bonds. The maximum Gasteiger partial charge on any atom is 1.00 e. The van der Waals surface area contributed by atoms with Crippen LogP contribution in [0.25, 0.3) is 0 Å². The second kappa shape index (κ2) is 6.21. The van der Waals surface area contributed by atoms with Crippen LogP contribution in [0.4, 0.5) is 5.69 Å². The summed E-state index contributed by atoms with van der Waals surface area (Å²) < 4.78 is 24.8. The Hall–Kier alpha value is -0.600. The quantitative estimate of drug-likeness (QED) is 0.383. The minimum absolute atomic E-state index is 0. The van der Waals surface area contributed by atoms with Crippen molar-refractivity contribution in [2.24, 2.45) is 0 Å². The van der Waals surface area contributed by atoms with E-state index in [-0.39, 0.29) is 34.5 Å². The molecule has 0 aliphatic carbocycles. The SMILES string of the molecule is Nc1ccc(S(=O)(=O)NCC(=O)O)cc1.[Na+]. The number of benzene rings is 1. The molecule has 0 saturated heterocycles. The summed E-state index contributed by atoms with van der Waals surface area (Å²) in [5.41, 5.74) is 5.82. The average Bonchev–Trinajstić information content (AvgIpc) is 2.16. The first-order chi connectivity index (χ1) is 6.92. The summed E-state index contributed by atoms with van der Waals surface area (Å²) in [5.74, 6) is -1.24. The molecule has 8 heteroatoms. The Morgan fingerprint density at radius 1 is 1.31 bits per heavy atom. The minimum Gasteiger partial charge on any atom is -0.480 e. The van der Waals surface area contributed by atoms with Crippen LogP contribution in [-0.4, -0.2) is 26.0 Å². The minimum atomic E-state index is -3.76. The number of anilines is 1. The Morgan fingerprint density at radius 2 is 1.81 bits per heavy atom. The molecule has 0 aliphatic rings. The van der Waals surface area contributed by atoms with Crippen molar-refractivity contribution in [3.05, 3.63) is 24.3 Å². The van der Waals surface area contributed by atoms with Crippen LogP contribution in [0.2, 0.25) is 0 Å². The first-order valence-corrected chi connectivity index (χ1v) is 5.47. The standard InChI is InChI=1S/C8H10N2O4S.Na/c9-6-1-3-7(4-2-6)15(13,14)10-5-8(11)12;/h1-4,10H,5,9H2,(H,11,12);/q;+1. The number of carbonyl (C=O) groups is 1. The number of sulfonamides is 1. The predicted molar refractivity (Wildman–Crippen MR) is 53.7 cm³/mol. The number of nitrogens with two attached hydrogens (primary N) is 1.